The second-order valence-electron chi connectivity index (χ2n) is 8.34. The molecule has 0 unspecified atom stereocenters. The summed E-state index contributed by atoms with van der Waals surface area (Å²) in [6, 6.07) is -2.19. The van der Waals surface area contributed by atoms with Gasteiger partial charge in [-0.3, -0.25) is 9.59 Å². The molecule has 1 saturated heterocycles. The van der Waals surface area contributed by atoms with Gasteiger partial charge in [0, 0.05) is 12.5 Å². The molecule has 0 radical (unpaired) electrons. The number of aliphatic carboxylic acids is 1. The number of halogens is 2. The smallest absolute Gasteiger partial charge is 0.326 e. The van der Waals surface area contributed by atoms with Crippen molar-refractivity contribution in [1.29, 1.82) is 0 Å². The molecule has 4 atom stereocenters. The number of hydrogen-bond acceptors (Lipinski definition) is 3. The van der Waals surface area contributed by atoms with E-state index >= 15 is 0 Å². The minimum absolute atomic E-state index is 0.0777. The summed E-state index contributed by atoms with van der Waals surface area (Å²) in [6.45, 7) is 9.10. The highest BCUT2D eigenvalue weighted by atomic mass is 19.3. The number of amides is 2. The largest absolute Gasteiger partial charge is 0.480 e. The number of carbonyl (C=O) groups excluding carboxylic acids is 2. The van der Waals surface area contributed by atoms with Gasteiger partial charge in [-0.2, -0.15) is 8.78 Å². The van der Waals surface area contributed by atoms with Gasteiger partial charge in [-0.1, -0.05) is 34.6 Å². The Balaban J connectivity index is 2.24. The van der Waals surface area contributed by atoms with Gasteiger partial charge in [0.25, 0.3) is 5.91 Å². The second kappa shape index (κ2) is 5.67. The summed E-state index contributed by atoms with van der Waals surface area (Å²) in [5.74, 6) is -3.32. The predicted octanol–water partition coefficient (Wildman–Crippen LogP) is 1.35. The third kappa shape index (κ3) is 2.98. The first-order valence-corrected chi connectivity index (χ1v) is 7.92. The van der Waals surface area contributed by atoms with E-state index in [-0.39, 0.29) is 23.8 Å². The lowest BCUT2D eigenvalue weighted by atomic mass is 9.85. The van der Waals surface area contributed by atoms with Crippen LogP contribution in [0.15, 0.2) is 0 Å². The van der Waals surface area contributed by atoms with Crippen LogP contribution in [-0.2, 0) is 14.4 Å². The number of fused-ring (bicyclic) bond motifs is 1. The molecule has 0 spiro atoms. The molecule has 6 nitrogen and oxygen atoms in total. The molecule has 2 aliphatic rings. The third-order valence-electron chi connectivity index (χ3n) is 5.34. The van der Waals surface area contributed by atoms with Crippen LogP contribution in [0, 0.1) is 22.7 Å². The van der Waals surface area contributed by atoms with Crippen molar-refractivity contribution in [3.63, 3.8) is 0 Å². The first-order valence-electron chi connectivity index (χ1n) is 7.92. The van der Waals surface area contributed by atoms with Crippen LogP contribution in [0.25, 0.3) is 0 Å². The first kappa shape index (κ1) is 18.6. The first-order chi connectivity index (χ1) is 10.8. The average Bonchev–Trinajstić information content (AvgIpc) is 2.82. The van der Waals surface area contributed by atoms with E-state index in [1.54, 1.807) is 20.8 Å². The van der Waals surface area contributed by atoms with Gasteiger partial charge in [0.15, 0.2) is 0 Å². The Morgan fingerprint density at radius 2 is 1.79 bits per heavy atom. The molecule has 2 fully saturated rings. The van der Waals surface area contributed by atoms with E-state index in [1.165, 1.54) is 4.90 Å². The zero-order chi connectivity index (χ0) is 18.6. The zero-order valence-electron chi connectivity index (χ0n) is 14.5. The maximum absolute atomic E-state index is 12.8. The van der Waals surface area contributed by atoms with Crippen molar-refractivity contribution in [2.75, 3.05) is 6.54 Å². The highest BCUT2D eigenvalue weighted by Crippen LogP contribution is 2.64. The molecule has 1 aliphatic carbocycles. The van der Waals surface area contributed by atoms with E-state index in [2.05, 4.69) is 5.32 Å². The van der Waals surface area contributed by atoms with E-state index in [0.29, 0.717) is 0 Å². The number of carboxylic acids is 1. The molecule has 2 rings (SSSR count). The van der Waals surface area contributed by atoms with E-state index < -0.39 is 41.7 Å². The molecule has 1 saturated carbocycles. The lowest BCUT2D eigenvalue weighted by molar-refractivity contribution is -0.153. The maximum atomic E-state index is 12.8. The van der Waals surface area contributed by atoms with E-state index in [4.69, 9.17) is 0 Å². The van der Waals surface area contributed by atoms with Crippen LogP contribution in [0.2, 0.25) is 0 Å². The molecule has 2 amide bonds. The minimum atomic E-state index is -3.23. The van der Waals surface area contributed by atoms with E-state index in [0.717, 1.165) is 0 Å². The second-order valence-corrected chi connectivity index (χ2v) is 8.34. The van der Waals surface area contributed by atoms with Crippen molar-refractivity contribution in [3.8, 4) is 0 Å². The molecule has 0 bridgehead atoms. The Morgan fingerprint density at radius 1 is 1.25 bits per heavy atom. The average molecular weight is 346 g/mol. The van der Waals surface area contributed by atoms with Crippen LogP contribution < -0.4 is 5.32 Å². The Bertz CT molecular complexity index is 571. The topological polar surface area (TPSA) is 86.7 Å². The molecule has 2 N–H and O–H groups in total. The van der Waals surface area contributed by atoms with Crippen molar-refractivity contribution in [2.45, 2.75) is 53.1 Å². The Morgan fingerprint density at radius 3 is 2.21 bits per heavy atom. The van der Waals surface area contributed by atoms with Crippen LogP contribution in [0.1, 0.15) is 34.6 Å². The number of carbonyl (C=O) groups is 3. The fraction of sp³-hybridized carbons (Fsp3) is 0.812. The number of hydrogen-bond donors (Lipinski definition) is 2. The summed E-state index contributed by atoms with van der Waals surface area (Å²) in [5.41, 5.74) is -0.976. The lowest BCUT2D eigenvalue weighted by Gasteiger charge is -2.36. The monoisotopic (exact) mass is 346 g/mol. The Kier molecular flexibility index (Phi) is 4.39. The summed E-state index contributed by atoms with van der Waals surface area (Å²) in [6.07, 6.45) is -3.23. The van der Waals surface area contributed by atoms with Crippen LogP contribution in [0.4, 0.5) is 8.78 Å². The van der Waals surface area contributed by atoms with Crippen LogP contribution in [-0.4, -0.2) is 52.8 Å². The lowest BCUT2D eigenvalue weighted by Crippen LogP contribution is -2.58. The van der Waals surface area contributed by atoms with Crippen LogP contribution >= 0.6 is 0 Å². The molecular formula is C16H24F2N2O4. The molecule has 0 aromatic heterocycles. The summed E-state index contributed by atoms with van der Waals surface area (Å²) in [4.78, 5) is 37.1. The Hall–Kier alpha value is -1.73. The van der Waals surface area contributed by atoms with Crippen molar-refractivity contribution in [2.24, 2.45) is 22.7 Å². The fourth-order valence-electron chi connectivity index (χ4n) is 3.82. The molecule has 1 aliphatic heterocycles. The number of nitrogens with zero attached hydrogens (tertiary/aromatic N) is 1. The summed E-state index contributed by atoms with van der Waals surface area (Å²) < 4.78 is 25.1. The summed E-state index contributed by atoms with van der Waals surface area (Å²) in [5, 5.41) is 11.6. The van der Waals surface area contributed by atoms with Gasteiger partial charge in [-0.15, -0.1) is 0 Å². The van der Waals surface area contributed by atoms with E-state index in [9.17, 15) is 28.3 Å². The number of likely N-dealkylation sites (tertiary alicyclic amines) is 1. The normalized spacial score (nSPS) is 29.2. The number of piperidine rings is 1. The van der Waals surface area contributed by atoms with Crippen molar-refractivity contribution >= 4 is 17.8 Å². The van der Waals surface area contributed by atoms with Gasteiger partial charge in [0.2, 0.25) is 5.91 Å². The van der Waals surface area contributed by atoms with Crippen molar-refractivity contribution < 1.29 is 28.3 Å². The molecule has 24 heavy (non-hydrogen) atoms. The molecule has 0 aromatic carbocycles. The third-order valence-corrected chi connectivity index (χ3v) is 5.34. The highest BCUT2D eigenvalue weighted by molar-refractivity contribution is 5.92. The van der Waals surface area contributed by atoms with Crippen LogP contribution in [0.3, 0.4) is 0 Å². The minimum Gasteiger partial charge on any atom is -0.480 e. The molecule has 136 valence electrons. The quantitative estimate of drug-likeness (QED) is 0.804. The summed E-state index contributed by atoms with van der Waals surface area (Å²) >= 11 is 0. The molecule has 0 aromatic rings. The van der Waals surface area contributed by atoms with E-state index in [1.807, 2.05) is 13.8 Å². The van der Waals surface area contributed by atoms with Gasteiger partial charge in [0.05, 0.1) is 0 Å². The molecule has 1 heterocycles. The highest BCUT2D eigenvalue weighted by Gasteiger charge is 2.70. The SMILES string of the molecule is CC(C)(C)[C@H](NC(=O)C(F)F)C(=O)N1C[C@H]2[C@@H]([C@H]1C(=O)O)C2(C)C. The summed E-state index contributed by atoms with van der Waals surface area (Å²) in [7, 11) is 0. The van der Waals surface area contributed by atoms with Crippen LogP contribution in [0.5, 0.6) is 0 Å². The number of nitrogens with one attached hydrogen (secondary N) is 1. The maximum Gasteiger partial charge on any atom is 0.326 e. The Labute approximate surface area is 139 Å². The predicted molar refractivity (Wildman–Crippen MR) is 81.3 cm³/mol. The van der Waals surface area contributed by atoms with Crippen molar-refractivity contribution in [1.82, 2.24) is 10.2 Å². The van der Waals surface area contributed by atoms with Crippen molar-refractivity contribution in [3.05, 3.63) is 0 Å². The van der Waals surface area contributed by atoms with Gasteiger partial charge in [0.1, 0.15) is 12.1 Å². The van der Waals surface area contributed by atoms with Gasteiger partial charge in [-0.05, 0) is 16.7 Å². The van der Waals surface area contributed by atoms with Gasteiger partial charge in [-0.25, -0.2) is 4.79 Å². The standard InChI is InChI=1S/C16H24F2N2O4/c1-15(2,3)10(19-12(21)11(17)18)13(22)20-6-7-8(16(7,4)5)9(20)14(23)24/h7-11H,6H2,1-5H3,(H,19,21)(H,23,24)/t7-,8-,9-,10+/m0/s1. The zero-order valence-corrected chi connectivity index (χ0v) is 14.5. The molecule has 8 heteroatoms. The number of alkyl halides is 2. The molecular weight excluding hydrogens is 322 g/mol. The number of carboxylic acid groups (broad SMARTS) is 1. The fourth-order valence-corrected chi connectivity index (χ4v) is 3.82. The van der Waals surface area contributed by atoms with Gasteiger partial charge < -0.3 is 15.3 Å². The van der Waals surface area contributed by atoms with Gasteiger partial charge >= 0.3 is 12.4 Å². The number of rotatable bonds is 4.